The van der Waals surface area contributed by atoms with E-state index in [4.69, 9.17) is 12.2 Å². The molecule has 2 rings (SSSR count). The highest BCUT2D eigenvalue weighted by Gasteiger charge is 2.24. The Labute approximate surface area is 134 Å². The van der Waals surface area contributed by atoms with Crippen LogP contribution in [0.1, 0.15) is 43.0 Å². The topological polar surface area (TPSA) is 75.5 Å². The number of amides is 1. The largest absolute Gasteiger partial charge is 0.346 e. The normalized spacial score (nSPS) is 17.9. The van der Waals surface area contributed by atoms with E-state index in [1.807, 2.05) is 0 Å². The third-order valence-electron chi connectivity index (χ3n) is 3.92. The molecule has 1 aromatic rings. The zero-order valence-electron chi connectivity index (χ0n) is 12.4. The first kappa shape index (κ1) is 16.4. The Morgan fingerprint density at radius 3 is 2.68 bits per heavy atom. The van der Waals surface area contributed by atoms with Crippen molar-refractivity contribution in [2.45, 2.75) is 38.6 Å². The highest BCUT2D eigenvalue weighted by molar-refractivity contribution is 7.80. The molecule has 0 unspecified atom stereocenters. The summed E-state index contributed by atoms with van der Waals surface area (Å²) in [6, 6.07) is 5.87. The molecule has 7 heteroatoms. The van der Waals surface area contributed by atoms with Crippen molar-refractivity contribution >= 4 is 28.9 Å². The van der Waals surface area contributed by atoms with Crippen LogP contribution in [0.25, 0.3) is 0 Å². The Morgan fingerprint density at radius 2 is 2.09 bits per heavy atom. The third-order valence-corrected chi connectivity index (χ3v) is 4.26. The molecule has 0 spiro atoms. The number of nitrogens with one attached hydrogen (secondary N) is 1. The quantitative estimate of drug-likeness (QED) is 0.526. The summed E-state index contributed by atoms with van der Waals surface area (Å²) in [4.78, 5) is 24.4. The average molecular weight is 321 g/mol. The molecule has 1 N–H and O–H groups in total. The standard InChI is InChI=1S/C15H19N3O3S/c1-2-12-5-3-4-10-17(12)15(22)16-14(19)11-6-8-13(9-7-11)18(20)21/h6-9,12H,2-5,10H2,1H3,(H,16,19,22)/t12-/m1/s1. The molecule has 0 radical (unpaired) electrons. The molecule has 0 aromatic heterocycles. The van der Waals surface area contributed by atoms with Crippen LogP contribution in [0.3, 0.4) is 0 Å². The van der Waals surface area contributed by atoms with Gasteiger partial charge in [-0.2, -0.15) is 0 Å². The molecule has 6 nitrogen and oxygen atoms in total. The van der Waals surface area contributed by atoms with Gasteiger partial charge in [0, 0.05) is 30.3 Å². The number of thiocarbonyl (C=S) groups is 1. The number of carbonyl (C=O) groups is 1. The second-order valence-corrected chi connectivity index (χ2v) is 5.70. The van der Waals surface area contributed by atoms with Crippen molar-refractivity contribution in [3.63, 3.8) is 0 Å². The lowest BCUT2D eigenvalue weighted by atomic mass is 10.0. The van der Waals surface area contributed by atoms with Gasteiger partial charge in [-0.05, 0) is 50.0 Å². The van der Waals surface area contributed by atoms with Crippen LogP contribution in [0.4, 0.5) is 5.69 Å². The Hall–Kier alpha value is -2.02. The van der Waals surface area contributed by atoms with E-state index >= 15 is 0 Å². The first-order valence-electron chi connectivity index (χ1n) is 7.39. The van der Waals surface area contributed by atoms with Crippen LogP contribution in [-0.4, -0.2) is 33.4 Å². The summed E-state index contributed by atoms with van der Waals surface area (Å²) in [7, 11) is 0. The minimum atomic E-state index is -0.494. The van der Waals surface area contributed by atoms with Crippen LogP contribution in [0.15, 0.2) is 24.3 Å². The van der Waals surface area contributed by atoms with Gasteiger partial charge < -0.3 is 4.90 Å². The summed E-state index contributed by atoms with van der Waals surface area (Å²) in [5.41, 5.74) is 0.319. The van der Waals surface area contributed by atoms with Crippen LogP contribution >= 0.6 is 12.2 Å². The number of rotatable bonds is 3. The molecule has 118 valence electrons. The van der Waals surface area contributed by atoms with E-state index in [2.05, 4.69) is 17.1 Å². The van der Waals surface area contributed by atoms with Gasteiger partial charge in [0.1, 0.15) is 0 Å². The maximum absolute atomic E-state index is 12.2. The predicted octanol–water partition coefficient (Wildman–Crippen LogP) is 2.87. The van der Waals surface area contributed by atoms with Gasteiger partial charge in [-0.25, -0.2) is 0 Å². The van der Waals surface area contributed by atoms with Gasteiger partial charge in [0.05, 0.1) is 4.92 Å². The third kappa shape index (κ3) is 3.79. The van der Waals surface area contributed by atoms with E-state index in [9.17, 15) is 14.9 Å². The number of nitrogens with zero attached hydrogens (tertiary/aromatic N) is 2. The summed E-state index contributed by atoms with van der Waals surface area (Å²) < 4.78 is 0. The van der Waals surface area contributed by atoms with Gasteiger partial charge in [0.2, 0.25) is 0 Å². The molecule has 1 fully saturated rings. The molecule has 0 aliphatic carbocycles. The summed E-state index contributed by atoms with van der Waals surface area (Å²) in [6.45, 7) is 2.97. The second-order valence-electron chi connectivity index (χ2n) is 5.31. The maximum Gasteiger partial charge on any atom is 0.269 e. The zero-order chi connectivity index (χ0) is 16.1. The lowest BCUT2D eigenvalue weighted by Crippen LogP contribution is -2.49. The van der Waals surface area contributed by atoms with Crippen molar-refractivity contribution in [2.24, 2.45) is 0 Å². The Kier molecular flexibility index (Phi) is 5.43. The molecular weight excluding hydrogens is 302 g/mol. The Bertz CT molecular complexity index is 574. The fraction of sp³-hybridized carbons (Fsp3) is 0.467. The van der Waals surface area contributed by atoms with Crippen molar-refractivity contribution in [3.05, 3.63) is 39.9 Å². The summed E-state index contributed by atoms with van der Waals surface area (Å²) in [5, 5.41) is 13.8. The van der Waals surface area contributed by atoms with Crippen LogP contribution in [0.5, 0.6) is 0 Å². The Morgan fingerprint density at radius 1 is 1.41 bits per heavy atom. The molecule has 22 heavy (non-hydrogen) atoms. The van der Waals surface area contributed by atoms with Crippen molar-refractivity contribution in [3.8, 4) is 0 Å². The predicted molar refractivity (Wildman–Crippen MR) is 87.8 cm³/mol. The van der Waals surface area contributed by atoms with E-state index in [-0.39, 0.29) is 11.6 Å². The number of hydrogen-bond donors (Lipinski definition) is 1. The lowest BCUT2D eigenvalue weighted by Gasteiger charge is -2.36. The van der Waals surface area contributed by atoms with Crippen molar-refractivity contribution in [1.29, 1.82) is 0 Å². The molecular formula is C15H19N3O3S. The number of benzene rings is 1. The van der Waals surface area contributed by atoms with Gasteiger partial charge in [-0.15, -0.1) is 0 Å². The van der Waals surface area contributed by atoms with Gasteiger partial charge in [-0.3, -0.25) is 20.2 Å². The number of piperidine rings is 1. The molecule has 1 saturated heterocycles. The number of nitro groups is 1. The summed E-state index contributed by atoms with van der Waals surface area (Å²) in [5.74, 6) is -0.333. The molecule has 1 aliphatic heterocycles. The van der Waals surface area contributed by atoms with Gasteiger partial charge >= 0.3 is 0 Å². The van der Waals surface area contributed by atoms with E-state index in [1.165, 1.54) is 30.7 Å². The van der Waals surface area contributed by atoms with Gasteiger partial charge in [-0.1, -0.05) is 6.92 Å². The summed E-state index contributed by atoms with van der Waals surface area (Å²) in [6.07, 6.45) is 4.34. The van der Waals surface area contributed by atoms with Crippen molar-refractivity contribution in [2.75, 3.05) is 6.54 Å². The molecule has 0 saturated carbocycles. The SMILES string of the molecule is CC[C@@H]1CCCCN1C(=S)NC(=O)c1ccc([N+](=O)[O-])cc1. The van der Waals surface area contributed by atoms with Crippen LogP contribution in [0, 0.1) is 10.1 Å². The molecule has 1 heterocycles. The molecule has 1 aliphatic rings. The maximum atomic E-state index is 12.2. The van der Waals surface area contributed by atoms with Gasteiger partial charge in [0.25, 0.3) is 11.6 Å². The average Bonchev–Trinajstić information content (AvgIpc) is 2.54. The zero-order valence-corrected chi connectivity index (χ0v) is 13.3. The Balaban J connectivity index is 2.01. The van der Waals surface area contributed by atoms with Crippen LogP contribution in [0.2, 0.25) is 0 Å². The van der Waals surface area contributed by atoms with Crippen molar-refractivity contribution in [1.82, 2.24) is 10.2 Å². The minimum Gasteiger partial charge on any atom is -0.346 e. The monoisotopic (exact) mass is 321 g/mol. The lowest BCUT2D eigenvalue weighted by molar-refractivity contribution is -0.384. The number of likely N-dealkylation sites (tertiary alicyclic amines) is 1. The van der Waals surface area contributed by atoms with E-state index in [1.54, 1.807) is 0 Å². The second kappa shape index (κ2) is 7.31. The molecule has 1 amide bonds. The minimum absolute atomic E-state index is 0.0406. The van der Waals surface area contributed by atoms with Gasteiger partial charge in [0.15, 0.2) is 5.11 Å². The van der Waals surface area contributed by atoms with E-state index < -0.39 is 4.92 Å². The summed E-state index contributed by atoms with van der Waals surface area (Å²) >= 11 is 5.35. The number of nitro benzene ring substituents is 1. The van der Waals surface area contributed by atoms with Crippen molar-refractivity contribution < 1.29 is 9.72 Å². The number of non-ortho nitro benzene ring substituents is 1. The first-order chi connectivity index (χ1) is 10.5. The molecule has 1 aromatic carbocycles. The highest BCUT2D eigenvalue weighted by atomic mass is 32.1. The fourth-order valence-corrected chi connectivity index (χ4v) is 3.00. The highest BCUT2D eigenvalue weighted by Crippen LogP contribution is 2.19. The van der Waals surface area contributed by atoms with E-state index in [0.717, 1.165) is 25.8 Å². The first-order valence-corrected chi connectivity index (χ1v) is 7.80. The molecule has 1 atom stereocenters. The van der Waals surface area contributed by atoms with Crippen LogP contribution in [-0.2, 0) is 0 Å². The van der Waals surface area contributed by atoms with Crippen LogP contribution < -0.4 is 5.32 Å². The smallest absolute Gasteiger partial charge is 0.269 e. The number of carbonyl (C=O) groups excluding carboxylic acids is 1. The van der Waals surface area contributed by atoms with E-state index in [0.29, 0.717) is 16.7 Å². The number of hydrogen-bond acceptors (Lipinski definition) is 4. The fourth-order valence-electron chi connectivity index (χ4n) is 2.67. The molecule has 0 bridgehead atoms.